The molecule has 0 saturated carbocycles. The minimum Gasteiger partial charge on any atom is -0.274 e. The summed E-state index contributed by atoms with van der Waals surface area (Å²) in [6, 6.07) is 7.32. The minimum absolute atomic E-state index is 0.0953. The lowest BCUT2D eigenvalue weighted by Gasteiger charge is -2.11. The van der Waals surface area contributed by atoms with E-state index in [1.165, 1.54) is 0 Å². The molecule has 4 nitrogen and oxygen atoms in total. The van der Waals surface area contributed by atoms with E-state index in [2.05, 4.69) is 10.1 Å². The Kier molecular flexibility index (Phi) is 3.83. The molecule has 2 aromatic heterocycles. The van der Waals surface area contributed by atoms with E-state index in [1.807, 2.05) is 19.9 Å². The zero-order chi connectivity index (χ0) is 17.6. The third-order valence-electron chi connectivity index (χ3n) is 3.72. The maximum atomic E-state index is 13.4. The van der Waals surface area contributed by atoms with Crippen LogP contribution in [0.15, 0.2) is 30.3 Å². The summed E-state index contributed by atoms with van der Waals surface area (Å²) in [7, 11) is 0. The molecule has 24 heavy (non-hydrogen) atoms. The number of hydrogen-bond donors (Lipinski definition) is 0. The van der Waals surface area contributed by atoms with Crippen LogP contribution in [0.4, 0.5) is 13.2 Å². The normalized spacial score (nSPS) is 11.9. The fourth-order valence-electron chi connectivity index (χ4n) is 2.32. The second-order valence-corrected chi connectivity index (χ2v) is 5.74. The summed E-state index contributed by atoms with van der Waals surface area (Å²) in [5.41, 5.74) is 1.25. The van der Waals surface area contributed by atoms with Gasteiger partial charge in [-0.1, -0.05) is 12.1 Å². The highest BCUT2D eigenvalue weighted by atomic mass is 35.5. The number of rotatable bonds is 2. The SMILES string of the molecule is Cc1ccc(-c2cc(C(F)(F)F)n3nc(C(=O)Cl)cc3n2)cc1C. The topological polar surface area (TPSA) is 47.3 Å². The van der Waals surface area contributed by atoms with Gasteiger partial charge >= 0.3 is 6.18 Å². The summed E-state index contributed by atoms with van der Waals surface area (Å²) in [6.45, 7) is 3.78. The fraction of sp³-hybridized carbons (Fsp3) is 0.188. The second-order valence-electron chi connectivity index (χ2n) is 5.40. The molecule has 0 amide bonds. The van der Waals surface area contributed by atoms with Gasteiger partial charge in [-0.2, -0.15) is 18.3 Å². The lowest BCUT2D eigenvalue weighted by Crippen LogP contribution is -2.14. The van der Waals surface area contributed by atoms with Gasteiger partial charge in [-0.15, -0.1) is 0 Å². The summed E-state index contributed by atoms with van der Waals surface area (Å²) < 4.78 is 40.7. The summed E-state index contributed by atoms with van der Waals surface area (Å²) in [5, 5.41) is 2.65. The van der Waals surface area contributed by atoms with E-state index in [4.69, 9.17) is 11.6 Å². The van der Waals surface area contributed by atoms with Crippen molar-refractivity contribution < 1.29 is 18.0 Å². The highest BCUT2D eigenvalue weighted by molar-refractivity contribution is 6.67. The first kappa shape index (κ1) is 16.4. The molecular formula is C16H11ClF3N3O. The van der Waals surface area contributed by atoms with Gasteiger partial charge in [0.05, 0.1) is 5.69 Å². The first-order chi connectivity index (χ1) is 11.2. The van der Waals surface area contributed by atoms with E-state index in [0.29, 0.717) is 10.1 Å². The predicted molar refractivity (Wildman–Crippen MR) is 83.1 cm³/mol. The zero-order valence-corrected chi connectivity index (χ0v) is 13.4. The summed E-state index contributed by atoms with van der Waals surface area (Å²) in [4.78, 5) is 15.4. The third-order valence-corrected chi connectivity index (χ3v) is 3.92. The standard InChI is InChI=1S/C16H11ClF3N3O/c1-8-3-4-10(5-9(8)2)11-6-13(16(18,19)20)23-14(21-11)7-12(22-23)15(17)24/h3-7H,1-2H3. The Morgan fingerprint density at radius 1 is 1.12 bits per heavy atom. The number of carbonyl (C=O) groups is 1. The van der Waals surface area contributed by atoms with Crippen LogP contribution in [0.25, 0.3) is 16.9 Å². The highest BCUT2D eigenvalue weighted by Crippen LogP contribution is 2.32. The van der Waals surface area contributed by atoms with Gasteiger partial charge in [0.25, 0.3) is 5.24 Å². The highest BCUT2D eigenvalue weighted by Gasteiger charge is 2.35. The smallest absolute Gasteiger partial charge is 0.274 e. The van der Waals surface area contributed by atoms with Gasteiger partial charge in [0.2, 0.25) is 0 Å². The molecule has 124 valence electrons. The first-order valence-electron chi connectivity index (χ1n) is 6.92. The van der Waals surface area contributed by atoms with Crippen molar-refractivity contribution in [2.45, 2.75) is 20.0 Å². The molecule has 0 aliphatic rings. The van der Waals surface area contributed by atoms with E-state index >= 15 is 0 Å². The molecule has 8 heteroatoms. The van der Waals surface area contributed by atoms with Gasteiger partial charge in [0, 0.05) is 11.6 Å². The van der Waals surface area contributed by atoms with Crippen LogP contribution in [-0.4, -0.2) is 19.8 Å². The van der Waals surface area contributed by atoms with Crippen molar-refractivity contribution in [1.82, 2.24) is 14.6 Å². The molecule has 0 spiro atoms. The Balaban J connectivity index is 2.29. The maximum Gasteiger partial charge on any atom is 0.433 e. The Labute approximate surface area is 139 Å². The molecule has 0 saturated heterocycles. The fourth-order valence-corrected chi connectivity index (χ4v) is 2.41. The molecule has 3 aromatic rings. The number of aryl methyl sites for hydroxylation is 2. The number of halogens is 4. The van der Waals surface area contributed by atoms with Crippen LogP contribution in [0.1, 0.15) is 27.3 Å². The molecule has 0 aliphatic heterocycles. The van der Waals surface area contributed by atoms with Crippen LogP contribution >= 0.6 is 11.6 Å². The van der Waals surface area contributed by atoms with Crippen molar-refractivity contribution >= 4 is 22.5 Å². The Morgan fingerprint density at radius 2 is 1.83 bits per heavy atom. The van der Waals surface area contributed by atoms with Gasteiger partial charge < -0.3 is 0 Å². The largest absolute Gasteiger partial charge is 0.433 e. The monoisotopic (exact) mass is 353 g/mol. The molecule has 1 aromatic carbocycles. The van der Waals surface area contributed by atoms with Crippen molar-refractivity contribution in [2.75, 3.05) is 0 Å². The van der Waals surface area contributed by atoms with E-state index in [1.54, 1.807) is 12.1 Å². The number of alkyl halides is 3. The van der Waals surface area contributed by atoms with Crippen LogP contribution in [-0.2, 0) is 6.18 Å². The van der Waals surface area contributed by atoms with Crippen molar-refractivity contribution in [3.8, 4) is 11.3 Å². The van der Waals surface area contributed by atoms with Gasteiger partial charge in [0.1, 0.15) is 5.69 Å². The molecule has 2 heterocycles. The molecule has 0 atom stereocenters. The number of nitrogens with zero attached hydrogens (tertiary/aromatic N) is 3. The molecule has 0 unspecified atom stereocenters. The van der Waals surface area contributed by atoms with E-state index in [9.17, 15) is 18.0 Å². The lowest BCUT2D eigenvalue weighted by atomic mass is 10.0. The summed E-state index contributed by atoms with van der Waals surface area (Å²) in [6.07, 6.45) is -4.66. The van der Waals surface area contributed by atoms with Gasteiger partial charge in [-0.05, 0) is 48.7 Å². The van der Waals surface area contributed by atoms with Crippen LogP contribution in [0.5, 0.6) is 0 Å². The molecule has 0 N–H and O–H groups in total. The van der Waals surface area contributed by atoms with Crippen LogP contribution < -0.4 is 0 Å². The third kappa shape index (κ3) is 2.87. The van der Waals surface area contributed by atoms with Crippen molar-refractivity contribution in [2.24, 2.45) is 0 Å². The Hall–Kier alpha value is -2.41. The van der Waals surface area contributed by atoms with E-state index in [0.717, 1.165) is 23.3 Å². The van der Waals surface area contributed by atoms with E-state index < -0.39 is 17.1 Å². The number of benzene rings is 1. The van der Waals surface area contributed by atoms with Crippen LogP contribution in [0.3, 0.4) is 0 Å². The predicted octanol–water partition coefficient (Wildman–Crippen LogP) is 4.41. The maximum absolute atomic E-state index is 13.4. The van der Waals surface area contributed by atoms with Crippen molar-refractivity contribution in [3.63, 3.8) is 0 Å². The first-order valence-corrected chi connectivity index (χ1v) is 7.30. The average Bonchev–Trinajstić information content (AvgIpc) is 2.92. The molecule has 0 radical (unpaired) electrons. The van der Waals surface area contributed by atoms with Crippen LogP contribution in [0, 0.1) is 13.8 Å². The Bertz CT molecular complexity index is 963. The van der Waals surface area contributed by atoms with Gasteiger partial charge in [-0.25, -0.2) is 9.50 Å². The van der Waals surface area contributed by atoms with E-state index in [-0.39, 0.29) is 17.0 Å². The summed E-state index contributed by atoms with van der Waals surface area (Å²) >= 11 is 5.31. The molecular weight excluding hydrogens is 343 g/mol. The molecule has 0 bridgehead atoms. The Morgan fingerprint density at radius 3 is 2.42 bits per heavy atom. The zero-order valence-electron chi connectivity index (χ0n) is 12.6. The average molecular weight is 354 g/mol. The molecule has 0 fully saturated rings. The van der Waals surface area contributed by atoms with Crippen LogP contribution in [0.2, 0.25) is 0 Å². The lowest BCUT2D eigenvalue weighted by molar-refractivity contribution is -0.142. The number of fused-ring (bicyclic) bond motifs is 1. The van der Waals surface area contributed by atoms with Gasteiger partial charge in [-0.3, -0.25) is 4.79 Å². The number of aromatic nitrogens is 3. The minimum atomic E-state index is -4.66. The summed E-state index contributed by atoms with van der Waals surface area (Å²) in [5.74, 6) is 0. The number of hydrogen-bond acceptors (Lipinski definition) is 3. The van der Waals surface area contributed by atoms with Gasteiger partial charge in [0.15, 0.2) is 11.3 Å². The molecule has 0 aliphatic carbocycles. The number of carbonyl (C=O) groups excluding carboxylic acids is 1. The van der Waals surface area contributed by atoms with Crippen molar-refractivity contribution in [1.29, 1.82) is 0 Å². The molecule has 3 rings (SSSR count). The quantitative estimate of drug-likeness (QED) is 0.641. The second kappa shape index (κ2) is 5.59. The van der Waals surface area contributed by atoms with Crippen molar-refractivity contribution in [3.05, 3.63) is 52.8 Å².